The van der Waals surface area contributed by atoms with Crippen molar-refractivity contribution >= 4 is 22.5 Å². The lowest BCUT2D eigenvalue weighted by atomic mass is 10.1. The SMILES string of the molecule is Cc1nnc(NC(C)CC(N)=O)c2ccccc12. The fraction of sp³-hybridized carbons (Fsp3) is 0.308. The quantitative estimate of drug-likeness (QED) is 0.856. The first-order valence-corrected chi connectivity index (χ1v) is 5.85. The van der Waals surface area contributed by atoms with Crippen LogP contribution in [0.25, 0.3) is 10.8 Å². The summed E-state index contributed by atoms with van der Waals surface area (Å²) in [6, 6.07) is 7.84. The summed E-state index contributed by atoms with van der Waals surface area (Å²) in [4.78, 5) is 10.9. The van der Waals surface area contributed by atoms with Crippen LogP contribution in [0.4, 0.5) is 5.82 Å². The first kappa shape index (κ1) is 12.3. The lowest BCUT2D eigenvalue weighted by Crippen LogP contribution is -2.24. The van der Waals surface area contributed by atoms with Crippen molar-refractivity contribution in [2.45, 2.75) is 26.3 Å². The Labute approximate surface area is 105 Å². The molecule has 1 amide bonds. The Kier molecular flexibility index (Phi) is 3.41. The minimum Gasteiger partial charge on any atom is -0.370 e. The number of hydrogen-bond donors (Lipinski definition) is 2. The van der Waals surface area contributed by atoms with Gasteiger partial charge >= 0.3 is 0 Å². The molecule has 1 heterocycles. The van der Waals surface area contributed by atoms with Crippen LogP contribution in [0.1, 0.15) is 19.0 Å². The number of rotatable bonds is 4. The molecule has 2 aromatic rings. The van der Waals surface area contributed by atoms with Gasteiger partial charge in [-0.2, -0.15) is 5.10 Å². The van der Waals surface area contributed by atoms with Crippen molar-refractivity contribution in [1.82, 2.24) is 10.2 Å². The summed E-state index contributed by atoms with van der Waals surface area (Å²) < 4.78 is 0. The number of fused-ring (bicyclic) bond motifs is 1. The smallest absolute Gasteiger partial charge is 0.219 e. The molecule has 0 fully saturated rings. The summed E-state index contributed by atoms with van der Waals surface area (Å²) in [7, 11) is 0. The maximum Gasteiger partial charge on any atom is 0.219 e. The first-order valence-electron chi connectivity index (χ1n) is 5.85. The number of anilines is 1. The third-order valence-corrected chi connectivity index (χ3v) is 2.76. The fourth-order valence-corrected chi connectivity index (χ4v) is 1.93. The Morgan fingerprint density at radius 2 is 2.00 bits per heavy atom. The predicted molar refractivity (Wildman–Crippen MR) is 71.2 cm³/mol. The monoisotopic (exact) mass is 244 g/mol. The summed E-state index contributed by atoms with van der Waals surface area (Å²) >= 11 is 0. The van der Waals surface area contributed by atoms with Gasteiger partial charge in [0.05, 0.1) is 5.69 Å². The number of benzene rings is 1. The topological polar surface area (TPSA) is 80.9 Å². The molecule has 1 atom stereocenters. The van der Waals surface area contributed by atoms with Crippen molar-refractivity contribution in [3.63, 3.8) is 0 Å². The molecular weight excluding hydrogens is 228 g/mol. The molecule has 94 valence electrons. The summed E-state index contributed by atoms with van der Waals surface area (Å²) in [5, 5.41) is 13.5. The fourth-order valence-electron chi connectivity index (χ4n) is 1.93. The van der Waals surface area contributed by atoms with Gasteiger partial charge < -0.3 is 11.1 Å². The molecule has 1 unspecified atom stereocenters. The van der Waals surface area contributed by atoms with Crippen LogP contribution in [-0.4, -0.2) is 22.1 Å². The number of aryl methyl sites for hydroxylation is 1. The molecule has 0 bridgehead atoms. The molecule has 1 aromatic heterocycles. The van der Waals surface area contributed by atoms with E-state index in [4.69, 9.17) is 5.73 Å². The van der Waals surface area contributed by atoms with E-state index in [2.05, 4.69) is 15.5 Å². The van der Waals surface area contributed by atoms with Gasteiger partial charge in [0.25, 0.3) is 0 Å². The molecule has 0 saturated carbocycles. The molecular formula is C13H16N4O. The molecule has 5 nitrogen and oxygen atoms in total. The highest BCUT2D eigenvalue weighted by molar-refractivity contribution is 5.93. The van der Waals surface area contributed by atoms with Crippen molar-refractivity contribution in [2.75, 3.05) is 5.32 Å². The number of carbonyl (C=O) groups is 1. The van der Waals surface area contributed by atoms with E-state index in [9.17, 15) is 4.79 Å². The Morgan fingerprint density at radius 3 is 2.67 bits per heavy atom. The Hall–Kier alpha value is -2.17. The van der Waals surface area contributed by atoms with E-state index < -0.39 is 0 Å². The predicted octanol–water partition coefficient (Wildman–Crippen LogP) is 1.61. The molecule has 18 heavy (non-hydrogen) atoms. The number of hydrogen-bond acceptors (Lipinski definition) is 4. The van der Waals surface area contributed by atoms with Gasteiger partial charge in [0.15, 0.2) is 5.82 Å². The number of nitrogens with two attached hydrogens (primary N) is 1. The van der Waals surface area contributed by atoms with Crippen LogP contribution in [-0.2, 0) is 4.79 Å². The van der Waals surface area contributed by atoms with Crippen LogP contribution < -0.4 is 11.1 Å². The van der Waals surface area contributed by atoms with E-state index >= 15 is 0 Å². The van der Waals surface area contributed by atoms with E-state index in [1.54, 1.807) is 0 Å². The molecule has 0 radical (unpaired) electrons. The third-order valence-electron chi connectivity index (χ3n) is 2.76. The zero-order valence-corrected chi connectivity index (χ0v) is 10.5. The normalized spacial score (nSPS) is 12.3. The van der Waals surface area contributed by atoms with Gasteiger partial charge in [0.2, 0.25) is 5.91 Å². The standard InChI is InChI=1S/C13H16N4O/c1-8(7-12(14)18)15-13-11-6-4-3-5-10(11)9(2)16-17-13/h3-6,8H,7H2,1-2H3,(H2,14,18)(H,15,17). The second kappa shape index (κ2) is 5.00. The summed E-state index contributed by atoms with van der Waals surface area (Å²) in [6.45, 7) is 3.81. The molecule has 5 heteroatoms. The molecule has 0 spiro atoms. The number of nitrogens with one attached hydrogen (secondary N) is 1. The average Bonchev–Trinajstić information content (AvgIpc) is 2.32. The molecule has 3 N–H and O–H groups in total. The van der Waals surface area contributed by atoms with E-state index in [1.165, 1.54) is 0 Å². The van der Waals surface area contributed by atoms with Gasteiger partial charge in [0.1, 0.15) is 0 Å². The van der Waals surface area contributed by atoms with E-state index in [1.807, 2.05) is 38.1 Å². The van der Waals surface area contributed by atoms with Crippen LogP contribution in [0.15, 0.2) is 24.3 Å². The molecule has 1 aromatic carbocycles. The zero-order valence-electron chi connectivity index (χ0n) is 10.5. The molecule has 0 aliphatic heterocycles. The molecule has 0 aliphatic carbocycles. The van der Waals surface area contributed by atoms with E-state index in [0.29, 0.717) is 5.82 Å². The second-order valence-electron chi connectivity index (χ2n) is 4.40. The van der Waals surface area contributed by atoms with Gasteiger partial charge in [-0.3, -0.25) is 4.79 Å². The van der Waals surface area contributed by atoms with Crippen LogP contribution in [0, 0.1) is 6.92 Å². The molecule has 0 aliphatic rings. The highest BCUT2D eigenvalue weighted by Gasteiger charge is 2.10. The maximum atomic E-state index is 10.9. The minimum absolute atomic E-state index is 0.0667. The number of amides is 1. The number of nitrogens with zero attached hydrogens (tertiary/aromatic N) is 2. The van der Waals surface area contributed by atoms with Crippen molar-refractivity contribution in [3.05, 3.63) is 30.0 Å². The number of aromatic nitrogens is 2. The van der Waals surface area contributed by atoms with Crippen LogP contribution in [0.5, 0.6) is 0 Å². The number of primary amides is 1. The van der Waals surface area contributed by atoms with Gasteiger partial charge in [0, 0.05) is 23.2 Å². The van der Waals surface area contributed by atoms with Crippen LogP contribution in [0.2, 0.25) is 0 Å². The first-order chi connectivity index (χ1) is 8.58. The Morgan fingerprint density at radius 1 is 1.33 bits per heavy atom. The van der Waals surface area contributed by atoms with Gasteiger partial charge in [-0.25, -0.2) is 0 Å². The lowest BCUT2D eigenvalue weighted by molar-refractivity contribution is -0.118. The lowest BCUT2D eigenvalue weighted by Gasteiger charge is -2.14. The maximum absolute atomic E-state index is 10.9. The largest absolute Gasteiger partial charge is 0.370 e. The van der Waals surface area contributed by atoms with Crippen molar-refractivity contribution < 1.29 is 4.79 Å². The number of carbonyl (C=O) groups excluding carboxylic acids is 1. The zero-order chi connectivity index (χ0) is 13.1. The van der Waals surface area contributed by atoms with Crippen LogP contribution >= 0.6 is 0 Å². The van der Waals surface area contributed by atoms with Crippen molar-refractivity contribution in [3.8, 4) is 0 Å². The average molecular weight is 244 g/mol. The van der Waals surface area contributed by atoms with E-state index in [-0.39, 0.29) is 18.4 Å². The van der Waals surface area contributed by atoms with Crippen LogP contribution in [0.3, 0.4) is 0 Å². The second-order valence-corrected chi connectivity index (χ2v) is 4.40. The van der Waals surface area contributed by atoms with Gasteiger partial charge in [-0.05, 0) is 13.8 Å². The van der Waals surface area contributed by atoms with Gasteiger partial charge in [-0.1, -0.05) is 24.3 Å². The summed E-state index contributed by atoms with van der Waals surface area (Å²) in [5.74, 6) is 0.351. The van der Waals surface area contributed by atoms with Crippen molar-refractivity contribution in [2.24, 2.45) is 5.73 Å². The summed E-state index contributed by atoms with van der Waals surface area (Å²) in [5.41, 5.74) is 6.06. The molecule has 0 saturated heterocycles. The van der Waals surface area contributed by atoms with Gasteiger partial charge in [-0.15, -0.1) is 5.10 Å². The van der Waals surface area contributed by atoms with E-state index in [0.717, 1.165) is 16.5 Å². The third kappa shape index (κ3) is 2.56. The summed E-state index contributed by atoms with van der Waals surface area (Å²) in [6.07, 6.45) is 0.268. The Bertz CT molecular complexity index is 582. The highest BCUT2D eigenvalue weighted by atomic mass is 16.1. The molecule has 2 rings (SSSR count). The van der Waals surface area contributed by atoms with Crippen molar-refractivity contribution in [1.29, 1.82) is 0 Å². The highest BCUT2D eigenvalue weighted by Crippen LogP contribution is 2.22. The minimum atomic E-state index is -0.334. The Balaban J connectivity index is 2.34.